The highest BCUT2D eigenvalue weighted by Gasteiger charge is 2.45. The first-order valence-corrected chi connectivity index (χ1v) is 14.1. The van der Waals surface area contributed by atoms with Crippen molar-refractivity contribution < 1.29 is 23.1 Å². The third-order valence-corrected chi connectivity index (χ3v) is 8.04. The predicted octanol–water partition coefficient (Wildman–Crippen LogP) is 6.19. The van der Waals surface area contributed by atoms with E-state index in [9.17, 15) is 18.3 Å². The maximum absolute atomic E-state index is 13.3. The van der Waals surface area contributed by atoms with Crippen LogP contribution in [0.2, 0.25) is 0 Å². The molecule has 35 heavy (non-hydrogen) atoms. The molecule has 0 aromatic heterocycles. The van der Waals surface area contributed by atoms with Crippen LogP contribution in [0.25, 0.3) is 0 Å². The summed E-state index contributed by atoms with van der Waals surface area (Å²) in [6.45, 7) is 2.63. The number of hydrogen-bond acceptors (Lipinski definition) is 5. The van der Waals surface area contributed by atoms with Crippen LogP contribution in [-0.2, 0) is 14.6 Å². The average Bonchev–Trinajstić information content (AvgIpc) is 3.13. The topological polar surface area (TPSA) is 80.7 Å². The number of sulfone groups is 1. The molecule has 2 aromatic carbocycles. The highest BCUT2D eigenvalue weighted by atomic mass is 32.2. The van der Waals surface area contributed by atoms with E-state index in [1.54, 1.807) is 24.3 Å². The standard InChI is InChI=1S/C29H36O5S/c1-2-3-4-5-6-13-20-26-28(30)27(35(32,33)25-18-11-8-12-19-25)23-29(26,31)21-14-15-22-34-24-16-9-7-10-17-24/h7-12,16-20,23,31H,2-6,13-15,21-22H2,1H3. The fourth-order valence-electron chi connectivity index (χ4n) is 4.29. The van der Waals surface area contributed by atoms with Crippen molar-refractivity contribution in [1.29, 1.82) is 0 Å². The normalized spacial score (nSPS) is 19.2. The highest BCUT2D eigenvalue weighted by molar-refractivity contribution is 7.96. The lowest BCUT2D eigenvalue weighted by Gasteiger charge is -2.22. The summed E-state index contributed by atoms with van der Waals surface area (Å²) in [5.41, 5.74) is -1.41. The Bertz CT molecular complexity index is 1120. The number of hydrogen-bond donors (Lipinski definition) is 1. The number of rotatable bonds is 14. The second kappa shape index (κ2) is 12.8. The highest BCUT2D eigenvalue weighted by Crippen LogP contribution is 2.39. The van der Waals surface area contributed by atoms with E-state index >= 15 is 0 Å². The van der Waals surface area contributed by atoms with Crippen molar-refractivity contribution >= 4 is 15.6 Å². The fourth-order valence-corrected chi connectivity index (χ4v) is 5.76. The summed E-state index contributed by atoms with van der Waals surface area (Å²) in [6, 6.07) is 17.4. The summed E-state index contributed by atoms with van der Waals surface area (Å²) in [5.74, 6) is 0.187. The van der Waals surface area contributed by atoms with Crippen molar-refractivity contribution in [2.24, 2.45) is 0 Å². The molecule has 0 bridgehead atoms. The Balaban J connectivity index is 1.72. The summed E-state index contributed by atoms with van der Waals surface area (Å²) in [7, 11) is -4.02. The average molecular weight is 497 g/mol. The molecule has 0 saturated heterocycles. The zero-order valence-electron chi connectivity index (χ0n) is 20.5. The zero-order chi connectivity index (χ0) is 25.2. The predicted molar refractivity (Wildman–Crippen MR) is 139 cm³/mol. The molecule has 0 spiro atoms. The monoisotopic (exact) mass is 496 g/mol. The third kappa shape index (κ3) is 7.15. The van der Waals surface area contributed by atoms with Gasteiger partial charge >= 0.3 is 0 Å². The van der Waals surface area contributed by atoms with Gasteiger partial charge in [-0.3, -0.25) is 4.79 Å². The van der Waals surface area contributed by atoms with Gasteiger partial charge in [-0.15, -0.1) is 0 Å². The smallest absolute Gasteiger partial charge is 0.210 e. The number of ether oxygens (including phenoxy) is 1. The van der Waals surface area contributed by atoms with E-state index in [1.165, 1.54) is 24.6 Å². The summed E-state index contributed by atoms with van der Waals surface area (Å²) >= 11 is 0. The second-order valence-electron chi connectivity index (χ2n) is 9.02. The molecule has 0 saturated carbocycles. The Hall–Kier alpha value is -2.70. The number of carbonyl (C=O) groups excluding carboxylic acids is 1. The van der Waals surface area contributed by atoms with Gasteiger partial charge in [-0.2, -0.15) is 0 Å². The van der Waals surface area contributed by atoms with Gasteiger partial charge < -0.3 is 9.84 Å². The first-order chi connectivity index (χ1) is 16.9. The molecule has 0 heterocycles. The molecule has 0 radical (unpaired) electrons. The lowest BCUT2D eigenvalue weighted by molar-refractivity contribution is -0.112. The van der Waals surface area contributed by atoms with Crippen molar-refractivity contribution in [3.63, 3.8) is 0 Å². The first-order valence-electron chi connectivity index (χ1n) is 12.6. The summed E-state index contributed by atoms with van der Waals surface area (Å²) in [6.07, 6.45) is 10.6. The Kier molecular flexibility index (Phi) is 9.87. The van der Waals surface area contributed by atoms with Crippen molar-refractivity contribution in [3.8, 4) is 5.75 Å². The van der Waals surface area contributed by atoms with E-state index in [4.69, 9.17) is 4.74 Å². The number of ketones is 1. The van der Waals surface area contributed by atoms with Crippen LogP contribution in [0.4, 0.5) is 0 Å². The summed E-state index contributed by atoms with van der Waals surface area (Å²) in [5, 5.41) is 11.5. The van der Waals surface area contributed by atoms with Crippen LogP contribution in [0.15, 0.2) is 88.2 Å². The maximum atomic E-state index is 13.3. The molecule has 188 valence electrons. The number of unbranched alkanes of at least 4 members (excludes halogenated alkanes) is 6. The minimum Gasteiger partial charge on any atom is -0.494 e. The van der Waals surface area contributed by atoms with E-state index in [1.807, 2.05) is 30.3 Å². The molecule has 3 rings (SSSR count). The van der Waals surface area contributed by atoms with E-state index in [0.717, 1.165) is 31.4 Å². The van der Waals surface area contributed by atoms with Crippen LogP contribution in [0, 0.1) is 0 Å². The van der Waals surface area contributed by atoms with Gasteiger partial charge in [-0.1, -0.05) is 75.1 Å². The first kappa shape index (κ1) is 26.9. The lowest BCUT2D eigenvalue weighted by atomic mass is 9.90. The molecule has 0 amide bonds. The number of para-hydroxylation sites is 1. The van der Waals surface area contributed by atoms with Gasteiger partial charge in [0.15, 0.2) is 0 Å². The van der Waals surface area contributed by atoms with Crippen LogP contribution in [0.1, 0.15) is 64.7 Å². The van der Waals surface area contributed by atoms with Gasteiger partial charge in [0, 0.05) is 5.57 Å². The van der Waals surface area contributed by atoms with Crippen molar-refractivity contribution in [1.82, 2.24) is 0 Å². The molecule has 5 nitrogen and oxygen atoms in total. The van der Waals surface area contributed by atoms with Gasteiger partial charge in [0.2, 0.25) is 15.6 Å². The molecule has 0 fully saturated rings. The van der Waals surface area contributed by atoms with Crippen molar-refractivity contribution in [2.75, 3.05) is 6.61 Å². The molecule has 1 unspecified atom stereocenters. The maximum Gasteiger partial charge on any atom is 0.210 e. The molecule has 6 heteroatoms. The van der Waals surface area contributed by atoms with Crippen LogP contribution < -0.4 is 4.74 Å². The van der Waals surface area contributed by atoms with E-state index in [0.29, 0.717) is 25.9 Å². The fraction of sp³-hybridized carbons (Fsp3) is 0.414. The summed E-state index contributed by atoms with van der Waals surface area (Å²) < 4.78 is 32.1. The quantitative estimate of drug-likeness (QED) is 0.249. The molecule has 1 atom stereocenters. The van der Waals surface area contributed by atoms with Crippen LogP contribution >= 0.6 is 0 Å². The zero-order valence-corrected chi connectivity index (χ0v) is 21.3. The molecular formula is C29H36O5S. The van der Waals surface area contributed by atoms with Gasteiger partial charge in [0.1, 0.15) is 16.3 Å². The van der Waals surface area contributed by atoms with E-state index < -0.39 is 21.2 Å². The Morgan fingerprint density at radius 2 is 1.54 bits per heavy atom. The molecule has 1 aliphatic carbocycles. The number of aliphatic hydroxyl groups is 1. The third-order valence-electron chi connectivity index (χ3n) is 6.27. The van der Waals surface area contributed by atoms with Gasteiger partial charge in [-0.25, -0.2) is 8.42 Å². The minimum absolute atomic E-state index is 0.0547. The van der Waals surface area contributed by atoms with Gasteiger partial charge in [0.05, 0.1) is 11.5 Å². The number of benzene rings is 2. The Morgan fingerprint density at radius 1 is 0.886 bits per heavy atom. The molecule has 1 aliphatic rings. The Morgan fingerprint density at radius 3 is 2.23 bits per heavy atom. The van der Waals surface area contributed by atoms with Crippen LogP contribution in [0.5, 0.6) is 5.75 Å². The van der Waals surface area contributed by atoms with Crippen molar-refractivity contribution in [3.05, 3.63) is 83.3 Å². The molecule has 1 N–H and O–H groups in total. The SMILES string of the molecule is CCCCCCCC=C1C(=O)C(S(=O)(=O)c2ccccc2)=CC1(O)CCCCOc1ccccc1. The van der Waals surface area contributed by atoms with Gasteiger partial charge in [0.25, 0.3) is 0 Å². The van der Waals surface area contributed by atoms with E-state index in [-0.39, 0.29) is 21.8 Å². The molecular weight excluding hydrogens is 460 g/mol. The number of Topliss-reactive ketones (excluding diaryl/α,β-unsaturated/α-hetero) is 1. The largest absolute Gasteiger partial charge is 0.494 e. The molecule has 2 aromatic rings. The van der Waals surface area contributed by atoms with Gasteiger partial charge in [-0.05, 0) is 62.4 Å². The van der Waals surface area contributed by atoms with Crippen LogP contribution in [0.3, 0.4) is 0 Å². The lowest BCUT2D eigenvalue weighted by Crippen LogP contribution is -2.28. The van der Waals surface area contributed by atoms with Crippen LogP contribution in [-0.4, -0.2) is 31.5 Å². The minimum atomic E-state index is -4.02. The van der Waals surface area contributed by atoms with Crippen molar-refractivity contribution in [2.45, 2.75) is 75.2 Å². The second-order valence-corrected chi connectivity index (χ2v) is 10.9. The summed E-state index contributed by atoms with van der Waals surface area (Å²) in [4.78, 5) is 13.0. The Labute approximate surface area is 209 Å². The number of carbonyl (C=O) groups is 1. The number of allylic oxidation sites excluding steroid dienone is 2. The molecule has 0 aliphatic heterocycles. The van der Waals surface area contributed by atoms with E-state index in [2.05, 4.69) is 6.92 Å².